The smallest absolute Gasteiger partial charge is 0.407 e. The van der Waals surface area contributed by atoms with Crippen LogP contribution in [0.3, 0.4) is 0 Å². The second kappa shape index (κ2) is 9.42. The quantitative estimate of drug-likeness (QED) is 0.758. The van der Waals surface area contributed by atoms with Crippen LogP contribution in [0, 0.1) is 0 Å². The van der Waals surface area contributed by atoms with Gasteiger partial charge in [-0.3, -0.25) is 0 Å². The maximum Gasteiger partial charge on any atom is 0.407 e. The Kier molecular flexibility index (Phi) is 8.94. The topological polar surface area (TPSA) is 55.8 Å². The third kappa shape index (κ3) is 6.63. The summed E-state index contributed by atoms with van der Waals surface area (Å²) in [5.41, 5.74) is 0. The predicted molar refractivity (Wildman–Crippen MR) is 65.9 cm³/mol. The molecule has 1 aliphatic heterocycles. The Bertz CT molecular complexity index is 173. The van der Waals surface area contributed by atoms with Crippen LogP contribution in [0.25, 0.3) is 0 Å². The van der Waals surface area contributed by atoms with Gasteiger partial charge in [0.25, 0.3) is 0 Å². The number of carbonyl (C=O) groups is 1. The van der Waals surface area contributed by atoms with E-state index in [-0.39, 0.29) is 0 Å². The summed E-state index contributed by atoms with van der Waals surface area (Å²) >= 11 is 0. The molecule has 0 radical (unpaired) electrons. The minimum Gasteiger partial charge on any atom is -0.465 e. The third-order valence-corrected chi connectivity index (χ3v) is 2.73. The fraction of sp³-hybridized carbons (Fsp3) is 0.909. The molecular formula is C11H25N3O2. The largest absolute Gasteiger partial charge is 0.465 e. The molecule has 96 valence electrons. The number of rotatable bonds is 3. The van der Waals surface area contributed by atoms with E-state index in [0.717, 1.165) is 13.1 Å². The van der Waals surface area contributed by atoms with Crippen LogP contribution < -0.4 is 5.32 Å². The van der Waals surface area contributed by atoms with Gasteiger partial charge < -0.3 is 20.2 Å². The van der Waals surface area contributed by atoms with E-state index in [1.54, 1.807) is 0 Å². The molecule has 0 spiro atoms. The second-order valence-electron chi connectivity index (χ2n) is 3.64. The van der Waals surface area contributed by atoms with Crippen LogP contribution in [0.5, 0.6) is 0 Å². The summed E-state index contributed by atoms with van der Waals surface area (Å²) in [6, 6.07) is 0. The number of nitrogens with zero attached hydrogens (tertiary/aromatic N) is 2. The van der Waals surface area contributed by atoms with E-state index in [2.05, 4.69) is 31.0 Å². The first-order chi connectivity index (χ1) is 7.65. The zero-order chi connectivity index (χ0) is 12.4. The zero-order valence-corrected chi connectivity index (χ0v) is 10.7. The number of nitrogens with one attached hydrogen (secondary N) is 1. The van der Waals surface area contributed by atoms with Gasteiger partial charge >= 0.3 is 6.09 Å². The molecule has 0 aliphatic carbocycles. The third-order valence-electron chi connectivity index (χ3n) is 2.73. The average Bonchev–Trinajstić information content (AvgIpc) is 2.33. The van der Waals surface area contributed by atoms with Crippen LogP contribution >= 0.6 is 0 Å². The van der Waals surface area contributed by atoms with Gasteiger partial charge in [0.05, 0.1) is 0 Å². The van der Waals surface area contributed by atoms with Crippen molar-refractivity contribution >= 4 is 6.09 Å². The van der Waals surface area contributed by atoms with Gasteiger partial charge in [-0.2, -0.15) is 0 Å². The van der Waals surface area contributed by atoms with Crippen molar-refractivity contribution in [3.63, 3.8) is 0 Å². The van der Waals surface area contributed by atoms with Gasteiger partial charge in [0.1, 0.15) is 0 Å². The molecule has 0 aromatic carbocycles. The number of hydrogen-bond donors (Lipinski definition) is 2. The highest BCUT2D eigenvalue weighted by Crippen LogP contribution is 1.90. The van der Waals surface area contributed by atoms with E-state index in [1.165, 1.54) is 24.5 Å². The zero-order valence-electron chi connectivity index (χ0n) is 10.7. The molecule has 1 amide bonds. The first kappa shape index (κ1) is 15.2. The Balaban J connectivity index is 0.000000293. The summed E-state index contributed by atoms with van der Waals surface area (Å²) in [4.78, 5) is 14.0. The van der Waals surface area contributed by atoms with Crippen molar-refractivity contribution in [1.82, 2.24) is 15.1 Å². The summed E-state index contributed by atoms with van der Waals surface area (Å²) in [6.45, 7) is 12.9. The number of amides is 1. The van der Waals surface area contributed by atoms with Gasteiger partial charge in [0, 0.05) is 26.2 Å². The van der Waals surface area contributed by atoms with Crippen molar-refractivity contribution in [2.75, 3.05) is 45.8 Å². The lowest BCUT2D eigenvalue weighted by Crippen LogP contribution is -2.45. The van der Waals surface area contributed by atoms with Crippen LogP contribution in [-0.2, 0) is 0 Å². The van der Waals surface area contributed by atoms with Gasteiger partial charge in [-0.05, 0) is 19.6 Å². The lowest BCUT2D eigenvalue weighted by Gasteiger charge is -2.23. The van der Waals surface area contributed by atoms with Crippen molar-refractivity contribution in [3.8, 4) is 0 Å². The van der Waals surface area contributed by atoms with Crippen molar-refractivity contribution in [2.45, 2.75) is 20.8 Å². The predicted octanol–water partition coefficient (Wildman–Crippen LogP) is 0.918. The Labute approximate surface area is 98.4 Å². The van der Waals surface area contributed by atoms with Crippen molar-refractivity contribution < 1.29 is 9.90 Å². The monoisotopic (exact) mass is 231 g/mol. The molecule has 2 N–H and O–H groups in total. The molecular weight excluding hydrogens is 206 g/mol. The van der Waals surface area contributed by atoms with E-state index in [9.17, 15) is 4.79 Å². The Morgan fingerprint density at radius 1 is 1.19 bits per heavy atom. The highest BCUT2D eigenvalue weighted by molar-refractivity contribution is 5.65. The molecule has 0 aromatic heterocycles. The minimum absolute atomic E-state index is 0.620. The summed E-state index contributed by atoms with van der Waals surface area (Å²) < 4.78 is 0. The lowest BCUT2D eigenvalue weighted by atomic mass is 10.4. The van der Waals surface area contributed by atoms with Crippen LogP contribution in [0.4, 0.5) is 4.79 Å². The molecule has 0 atom stereocenters. The maximum atomic E-state index is 10.3. The van der Waals surface area contributed by atoms with E-state index in [4.69, 9.17) is 5.11 Å². The summed E-state index contributed by atoms with van der Waals surface area (Å²) in [5, 5.41) is 11.5. The minimum atomic E-state index is -0.809. The summed E-state index contributed by atoms with van der Waals surface area (Å²) in [5.74, 6) is 0. The molecule has 1 aliphatic rings. The van der Waals surface area contributed by atoms with Crippen molar-refractivity contribution in [1.29, 1.82) is 0 Å². The van der Waals surface area contributed by atoms with Gasteiger partial charge in [-0.1, -0.05) is 20.8 Å². The standard InChI is InChI=1S/C6H15N.C5H10N2O2/c1-4-7(5-2)6-3;8-5(9)7-3-1-6-2-4-7/h4-6H2,1-3H3;6H,1-4H2,(H,8,9). The second-order valence-corrected chi connectivity index (χ2v) is 3.64. The highest BCUT2D eigenvalue weighted by atomic mass is 16.4. The van der Waals surface area contributed by atoms with E-state index in [1.807, 2.05) is 0 Å². The van der Waals surface area contributed by atoms with Crippen molar-refractivity contribution in [2.24, 2.45) is 0 Å². The normalized spacial score (nSPS) is 15.6. The number of piperazine rings is 1. The molecule has 0 aromatic rings. The number of hydrogen-bond acceptors (Lipinski definition) is 3. The molecule has 5 nitrogen and oxygen atoms in total. The molecule has 1 rings (SSSR count). The molecule has 0 unspecified atom stereocenters. The Morgan fingerprint density at radius 2 is 1.62 bits per heavy atom. The number of carboxylic acid groups (broad SMARTS) is 1. The van der Waals surface area contributed by atoms with Crippen LogP contribution in [-0.4, -0.2) is 66.8 Å². The maximum absolute atomic E-state index is 10.3. The molecule has 5 heteroatoms. The summed E-state index contributed by atoms with van der Waals surface area (Å²) in [6.07, 6.45) is -0.809. The molecule has 1 saturated heterocycles. The molecule has 0 bridgehead atoms. The Morgan fingerprint density at radius 3 is 1.81 bits per heavy atom. The average molecular weight is 231 g/mol. The van der Waals surface area contributed by atoms with Crippen LogP contribution in [0.2, 0.25) is 0 Å². The van der Waals surface area contributed by atoms with Crippen LogP contribution in [0.1, 0.15) is 20.8 Å². The Hall–Kier alpha value is -0.810. The molecule has 1 heterocycles. The van der Waals surface area contributed by atoms with Gasteiger partial charge in [-0.25, -0.2) is 4.79 Å². The fourth-order valence-electron chi connectivity index (χ4n) is 1.53. The van der Waals surface area contributed by atoms with Crippen molar-refractivity contribution in [3.05, 3.63) is 0 Å². The molecule has 0 saturated carbocycles. The summed E-state index contributed by atoms with van der Waals surface area (Å²) in [7, 11) is 0. The fourth-order valence-corrected chi connectivity index (χ4v) is 1.53. The van der Waals surface area contributed by atoms with E-state index < -0.39 is 6.09 Å². The first-order valence-corrected chi connectivity index (χ1v) is 6.06. The van der Waals surface area contributed by atoms with Gasteiger partial charge in [-0.15, -0.1) is 0 Å². The SMILES string of the molecule is CCN(CC)CC.O=C(O)N1CCNCC1. The molecule has 16 heavy (non-hydrogen) atoms. The lowest BCUT2D eigenvalue weighted by molar-refractivity contribution is 0.139. The van der Waals surface area contributed by atoms with E-state index >= 15 is 0 Å². The molecule has 1 fully saturated rings. The van der Waals surface area contributed by atoms with Crippen LogP contribution in [0.15, 0.2) is 0 Å². The highest BCUT2D eigenvalue weighted by Gasteiger charge is 2.13. The first-order valence-electron chi connectivity index (χ1n) is 6.06. The van der Waals surface area contributed by atoms with E-state index in [0.29, 0.717) is 13.1 Å². The van der Waals surface area contributed by atoms with Gasteiger partial charge in [0.15, 0.2) is 0 Å². The van der Waals surface area contributed by atoms with Gasteiger partial charge in [0.2, 0.25) is 0 Å².